The molecule has 1 atom stereocenters. The molecule has 0 aliphatic carbocycles. The van der Waals surface area contributed by atoms with Crippen molar-refractivity contribution in [2.75, 3.05) is 6.61 Å². The number of furan rings is 1. The van der Waals surface area contributed by atoms with Crippen LogP contribution >= 0.6 is 15.9 Å². The Labute approximate surface area is 221 Å². The van der Waals surface area contributed by atoms with Crippen molar-refractivity contribution in [3.05, 3.63) is 112 Å². The van der Waals surface area contributed by atoms with Crippen molar-refractivity contribution in [2.45, 2.75) is 12.8 Å². The van der Waals surface area contributed by atoms with Crippen molar-refractivity contribution in [3.8, 4) is 23.3 Å². The van der Waals surface area contributed by atoms with Crippen molar-refractivity contribution in [2.24, 2.45) is 5.73 Å². The predicted molar refractivity (Wildman–Crippen MR) is 141 cm³/mol. The van der Waals surface area contributed by atoms with Crippen LogP contribution in [0.3, 0.4) is 0 Å². The Bertz CT molecular complexity index is 1630. The van der Waals surface area contributed by atoms with Crippen molar-refractivity contribution < 1.29 is 23.4 Å². The first-order valence-corrected chi connectivity index (χ1v) is 12.1. The maximum absolute atomic E-state index is 13.0. The maximum atomic E-state index is 13.0. The number of nitrogens with zero attached hydrogens (tertiary/aromatic N) is 1. The van der Waals surface area contributed by atoms with Gasteiger partial charge in [0.2, 0.25) is 11.6 Å². The second kappa shape index (κ2) is 9.88. The molecule has 0 spiro atoms. The van der Waals surface area contributed by atoms with Gasteiger partial charge < -0.3 is 24.4 Å². The highest BCUT2D eigenvalue weighted by Crippen LogP contribution is 2.44. The van der Waals surface area contributed by atoms with Gasteiger partial charge in [0.05, 0.1) is 5.92 Å². The number of carbonyl (C=O) groups excluding carboxylic acids is 1. The van der Waals surface area contributed by atoms with Crippen LogP contribution in [0.2, 0.25) is 0 Å². The molecule has 5 rings (SSSR count). The molecule has 1 aliphatic rings. The molecule has 1 unspecified atom stereocenters. The maximum Gasteiger partial charge on any atom is 0.379 e. The Kier molecular flexibility index (Phi) is 6.47. The van der Waals surface area contributed by atoms with Crippen LogP contribution in [0.4, 0.5) is 0 Å². The van der Waals surface area contributed by atoms with E-state index in [9.17, 15) is 10.1 Å². The zero-order chi connectivity index (χ0) is 26.1. The summed E-state index contributed by atoms with van der Waals surface area (Å²) < 4.78 is 23.7. The Morgan fingerprint density at radius 2 is 2.03 bits per heavy atom. The van der Waals surface area contributed by atoms with E-state index >= 15 is 0 Å². The van der Waals surface area contributed by atoms with Crippen molar-refractivity contribution >= 4 is 32.9 Å². The Balaban J connectivity index is 1.47. The van der Waals surface area contributed by atoms with E-state index in [2.05, 4.69) is 28.6 Å². The van der Waals surface area contributed by atoms with E-state index in [1.54, 1.807) is 37.3 Å². The molecule has 184 valence electrons. The van der Waals surface area contributed by atoms with Gasteiger partial charge >= 0.3 is 5.97 Å². The lowest BCUT2D eigenvalue weighted by molar-refractivity contribution is 0.0702. The Morgan fingerprint density at radius 3 is 2.81 bits per heavy atom. The molecule has 0 radical (unpaired) electrons. The fourth-order valence-electron chi connectivity index (χ4n) is 4.32. The summed E-state index contributed by atoms with van der Waals surface area (Å²) in [6.45, 7) is 5.83. The summed E-state index contributed by atoms with van der Waals surface area (Å²) in [5.74, 6) is 0.258. The van der Waals surface area contributed by atoms with Gasteiger partial charge in [0.15, 0.2) is 0 Å². The number of rotatable bonds is 6. The van der Waals surface area contributed by atoms with Crippen LogP contribution in [0.25, 0.3) is 11.0 Å². The molecule has 2 heterocycles. The molecule has 8 heteroatoms. The number of allylic oxidation sites excluding steroid dienone is 1. The van der Waals surface area contributed by atoms with E-state index in [-0.39, 0.29) is 23.0 Å². The number of nitrogens with two attached hydrogens (primary N) is 1. The number of ether oxygens (including phenoxy) is 3. The molecule has 2 N–H and O–H groups in total. The Hall–Kier alpha value is -4.48. The molecule has 1 aliphatic heterocycles. The summed E-state index contributed by atoms with van der Waals surface area (Å²) in [4.78, 5) is 13.0. The number of aryl methyl sites for hydroxylation is 1. The van der Waals surface area contributed by atoms with Crippen LogP contribution in [-0.4, -0.2) is 12.6 Å². The van der Waals surface area contributed by atoms with Crippen LogP contribution < -0.4 is 19.9 Å². The third kappa shape index (κ3) is 4.57. The topological polar surface area (TPSA) is 108 Å². The lowest BCUT2D eigenvalue weighted by Gasteiger charge is -2.27. The summed E-state index contributed by atoms with van der Waals surface area (Å²) in [7, 11) is 0. The minimum atomic E-state index is -0.634. The molecular formula is C29H21BrN2O5. The number of halogens is 1. The molecule has 4 aromatic rings. The van der Waals surface area contributed by atoms with Gasteiger partial charge in [0.25, 0.3) is 0 Å². The van der Waals surface area contributed by atoms with Crippen LogP contribution in [0.1, 0.15) is 33.2 Å². The van der Waals surface area contributed by atoms with Gasteiger partial charge in [-0.3, -0.25) is 0 Å². The molecule has 0 saturated carbocycles. The van der Waals surface area contributed by atoms with Crippen LogP contribution in [0, 0.1) is 18.3 Å². The average Bonchev–Trinajstić information content (AvgIpc) is 3.22. The quantitative estimate of drug-likeness (QED) is 0.164. The van der Waals surface area contributed by atoms with E-state index in [1.165, 1.54) is 0 Å². The normalized spacial score (nSPS) is 14.5. The number of nitriles is 1. The smallest absolute Gasteiger partial charge is 0.379 e. The predicted octanol–water partition coefficient (Wildman–Crippen LogP) is 6.51. The average molecular weight is 557 g/mol. The lowest BCUT2D eigenvalue weighted by atomic mass is 9.83. The second-order valence-electron chi connectivity index (χ2n) is 8.38. The highest BCUT2D eigenvalue weighted by Gasteiger charge is 2.31. The first-order valence-electron chi connectivity index (χ1n) is 11.4. The van der Waals surface area contributed by atoms with Crippen molar-refractivity contribution in [3.63, 3.8) is 0 Å². The monoisotopic (exact) mass is 556 g/mol. The van der Waals surface area contributed by atoms with Crippen LogP contribution in [-0.2, 0) is 0 Å². The van der Waals surface area contributed by atoms with Gasteiger partial charge in [-0.1, -0.05) is 46.8 Å². The number of hydrogen-bond acceptors (Lipinski definition) is 7. The number of esters is 1. The van der Waals surface area contributed by atoms with Crippen LogP contribution in [0.5, 0.6) is 17.2 Å². The summed E-state index contributed by atoms with van der Waals surface area (Å²) in [6.07, 6.45) is 1.66. The third-order valence-electron chi connectivity index (χ3n) is 6.04. The summed E-state index contributed by atoms with van der Waals surface area (Å²) >= 11 is 3.44. The molecule has 1 aromatic heterocycles. The fourth-order valence-corrected chi connectivity index (χ4v) is 4.68. The number of carbonyl (C=O) groups is 1. The molecule has 0 saturated heterocycles. The highest BCUT2D eigenvalue weighted by molar-refractivity contribution is 9.10. The SMILES string of the molecule is C=CCOc1cccc(C2C(C#N)=C(N)Oc3cc(OC(=O)c4oc5ccc(Br)cc5c4C)ccc32)c1. The van der Waals surface area contributed by atoms with Crippen molar-refractivity contribution in [1.29, 1.82) is 5.26 Å². The first kappa shape index (κ1) is 24.2. The van der Waals surface area contributed by atoms with E-state index < -0.39 is 11.9 Å². The van der Waals surface area contributed by atoms with Crippen LogP contribution in [0.15, 0.2) is 93.7 Å². The van der Waals surface area contributed by atoms with Gasteiger partial charge in [-0.05, 0) is 48.9 Å². The zero-order valence-electron chi connectivity index (χ0n) is 19.8. The minimum Gasteiger partial charge on any atom is -0.490 e. The number of benzene rings is 3. The molecule has 0 amide bonds. The number of fused-ring (bicyclic) bond motifs is 2. The summed E-state index contributed by atoms with van der Waals surface area (Å²) in [5.41, 5.74) is 9.19. The molecule has 0 bridgehead atoms. The Morgan fingerprint density at radius 1 is 1.19 bits per heavy atom. The minimum absolute atomic E-state index is 0.0143. The van der Waals surface area contributed by atoms with E-state index in [1.807, 2.05) is 36.4 Å². The largest absolute Gasteiger partial charge is 0.490 e. The molecule has 7 nitrogen and oxygen atoms in total. The van der Waals surface area contributed by atoms with Gasteiger partial charge in [0.1, 0.15) is 41.1 Å². The highest BCUT2D eigenvalue weighted by atomic mass is 79.9. The van der Waals surface area contributed by atoms with Gasteiger partial charge in [-0.15, -0.1) is 0 Å². The molecular weight excluding hydrogens is 536 g/mol. The molecule has 37 heavy (non-hydrogen) atoms. The molecule has 3 aromatic carbocycles. The second-order valence-corrected chi connectivity index (χ2v) is 9.30. The number of hydrogen-bond donors (Lipinski definition) is 1. The van der Waals surface area contributed by atoms with Gasteiger partial charge in [-0.2, -0.15) is 5.26 Å². The van der Waals surface area contributed by atoms with E-state index in [4.69, 9.17) is 24.4 Å². The third-order valence-corrected chi connectivity index (χ3v) is 6.54. The van der Waals surface area contributed by atoms with Crippen molar-refractivity contribution in [1.82, 2.24) is 0 Å². The van der Waals surface area contributed by atoms with Gasteiger partial charge in [-0.25, -0.2) is 4.79 Å². The first-order chi connectivity index (χ1) is 17.9. The summed E-state index contributed by atoms with van der Waals surface area (Å²) in [6, 6.07) is 20.1. The zero-order valence-corrected chi connectivity index (χ0v) is 21.4. The summed E-state index contributed by atoms with van der Waals surface area (Å²) in [5, 5.41) is 10.7. The van der Waals surface area contributed by atoms with E-state index in [0.29, 0.717) is 34.8 Å². The lowest BCUT2D eigenvalue weighted by Crippen LogP contribution is -2.21. The van der Waals surface area contributed by atoms with E-state index in [0.717, 1.165) is 15.4 Å². The molecule has 0 fully saturated rings. The fraction of sp³-hybridized carbons (Fsp3) is 0.103. The van der Waals surface area contributed by atoms with Gasteiger partial charge in [0, 0.05) is 27.1 Å². The standard InChI is InChI=1S/C29H21BrN2O5/c1-3-11-34-19-6-4-5-17(12-19)26-21-9-8-20(14-25(21)37-28(32)23(26)15-31)35-29(33)27-16(2)22-13-18(30)7-10-24(22)36-27/h3-10,12-14,26H,1,11,32H2,2H3.